The van der Waals surface area contributed by atoms with Crippen molar-refractivity contribution in [1.29, 1.82) is 0 Å². The maximum absolute atomic E-state index is 15.0. The van der Waals surface area contributed by atoms with Gasteiger partial charge in [0.2, 0.25) is 0 Å². The van der Waals surface area contributed by atoms with Crippen molar-refractivity contribution in [3.8, 4) is 0 Å². The van der Waals surface area contributed by atoms with E-state index in [2.05, 4.69) is 0 Å². The molecular weight excluding hydrogens is 351 g/mol. The maximum Gasteiger partial charge on any atom is 0.343 e. The van der Waals surface area contributed by atoms with E-state index in [9.17, 15) is 18.8 Å². The van der Waals surface area contributed by atoms with Crippen LogP contribution in [-0.4, -0.2) is 36.4 Å². The zero-order valence-electron chi connectivity index (χ0n) is 15.2. The first-order chi connectivity index (χ1) is 13.1. The number of aromatic nitrogens is 1. The van der Waals surface area contributed by atoms with Gasteiger partial charge in [-0.15, -0.1) is 0 Å². The van der Waals surface area contributed by atoms with Gasteiger partial charge in [-0.05, 0) is 50.2 Å². The van der Waals surface area contributed by atoms with Crippen LogP contribution in [-0.2, 0) is 4.74 Å². The smallest absolute Gasteiger partial charge is 0.343 e. The molecule has 27 heavy (non-hydrogen) atoms. The SMILES string of the molecule is CCOC(=O)c1cc(C2CC2)c2c(C=O)c(N3CCCC3)c(F)cn2c1=O. The van der Waals surface area contributed by atoms with Crippen LogP contribution in [0.3, 0.4) is 0 Å². The Bertz CT molecular complexity index is 988. The lowest BCUT2D eigenvalue weighted by Crippen LogP contribution is -2.28. The van der Waals surface area contributed by atoms with E-state index in [-0.39, 0.29) is 29.3 Å². The summed E-state index contributed by atoms with van der Waals surface area (Å²) in [5.41, 5.74) is 0.803. The first-order valence-corrected chi connectivity index (χ1v) is 9.35. The monoisotopic (exact) mass is 372 g/mol. The number of carbonyl (C=O) groups is 2. The second-order valence-electron chi connectivity index (χ2n) is 7.08. The van der Waals surface area contributed by atoms with Gasteiger partial charge in [0.1, 0.15) is 5.56 Å². The minimum atomic E-state index is -0.726. The number of esters is 1. The summed E-state index contributed by atoms with van der Waals surface area (Å²) in [5, 5.41) is 0. The average molecular weight is 372 g/mol. The van der Waals surface area contributed by atoms with Crippen LogP contribution in [0.2, 0.25) is 0 Å². The van der Waals surface area contributed by atoms with Gasteiger partial charge in [-0.25, -0.2) is 9.18 Å². The summed E-state index contributed by atoms with van der Waals surface area (Å²) in [6.45, 7) is 3.15. The summed E-state index contributed by atoms with van der Waals surface area (Å²) in [5.74, 6) is -1.20. The summed E-state index contributed by atoms with van der Waals surface area (Å²) in [6.07, 6.45) is 5.42. The van der Waals surface area contributed by atoms with Gasteiger partial charge in [0.15, 0.2) is 12.1 Å². The summed E-state index contributed by atoms with van der Waals surface area (Å²) >= 11 is 0. The Labute approximate surface area is 155 Å². The summed E-state index contributed by atoms with van der Waals surface area (Å²) in [7, 11) is 0. The predicted octanol–water partition coefficient (Wildman–Crippen LogP) is 2.91. The number of ether oxygens (including phenoxy) is 1. The molecule has 1 saturated heterocycles. The molecule has 0 atom stereocenters. The number of halogens is 1. The van der Waals surface area contributed by atoms with Crippen molar-refractivity contribution in [2.45, 2.75) is 38.5 Å². The topological polar surface area (TPSA) is 68.1 Å². The molecular formula is C20H21FN2O4. The average Bonchev–Trinajstić information content (AvgIpc) is 3.36. The first-order valence-electron chi connectivity index (χ1n) is 9.35. The van der Waals surface area contributed by atoms with Crippen molar-refractivity contribution in [3.63, 3.8) is 0 Å². The van der Waals surface area contributed by atoms with Crippen LogP contribution in [0.25, 0.3) is 5.52 Å². The lowest BCUT2D eigenvalue weighted by molar-refractivity contribution is 0.0524. The zero-order chi connectivity index (χ0) is 19.1. The minimum Gasteiger partial charge on any atom is -0.462 e. The van der Waals surface area contributed by atoms with E-state index in [1.54, 1.807) is 6.92 Å². The van der Waals surface area contributed by atoms with Crippen molar-refractivity contribution in [2.75, 3.05) is 24.6 Å². The molecule has 7 heteroatoms. The fraction of sp³-hybridized carbons (Fsp3) is 0.450. The third-order valence-corrected chi connectivity index (χ3v) is 5.29. The number of fused-ring (bicyclic) bond motifs is 1. The second-order valence-corrected chi connectivity index (χ2v) is 7.08. The second kappa shape index (κ2) is 6.79. The van der Waals surface area contributed by atoms with Crippen molar-refractivity contribution in [2.24, 2.45) is 0 Å². The summed E-state index contributed by atoms with van der Waals surface area (Å²) in [4.78, 5) is 38.9. The van der Waals surface area contributed by atoms with Gasteiger partial charge in [0.05, 0.1) is 29.6 Å². The molecule has 2 fully saturated rings. The van der Waals surface area contributed by atoms with E-state index in [4.69, 9.17) is 4.74 Å². The van der Waals surface area contributed by atoms with Gasteiger partial charge in [-0.3, -0.25) is 14.0 Å². The molecule has 1 saturated carbocycles. The third kappa shape index (κ3) is 2.91. The van der Waals surface area contributed by atoms with Crippen LogP contribution in [0, 0.1) is 5.82 Å². The highest BCUT2D eigenvalue weighted by Gasteiger charge is 2.32. The lowest BCUT2D eigenvalue weighted by atomic mass is 10.0. The quantitative estimate of drug-likeness (QED) is 0.596. The largest absolute Gasteiger partial charge is 0.462 e. The van der Waals surface area contributed by atoms with Crippen LogP contribution in [0.1, 0.15) is 64.8 Å². The number of hydrogen-bond donors (Lipinski definition) is 0. The van der Waals surface area contributed by atoms with Crippen molar-refractivity contribution in [1.82, 2.24) is 4.40 Å². The zero-order valence-corrected chi connectivity index (χ0v) is 15.2. The predicted molar refractivity (Wildman–Crippen MR) is 98.4 cm³/mol. The van der Waals surface area contributed by atoms with E-state index in [1.165, 1.54) is 6.07 Å². The number of hydrogen-bond acceptors (Lipinski definition) is 5. The van der Waals surface area contributed by atoms with Gasteiger partial charge in [0, 0.05) is 13.1 Å². The van der Waals surface area contributed by atoms with Crippen molar-refractivity contribution >= 4 is 23.5 Å². The molecule has 2 aromatic rings. The molecule has 0 aromatic carbocycles. The number of anilines is 1. The van der Waals surface area contributed by atoms with E-state index >= 15 is 0 Å². The van der Waals surface area contributed by atoms with Crippen molar-refractivity contribution in [3.05, 3.63) is 45.1 Å². The van der Waals surface area contributed by atoms with E-state index < -0.39 is 17.3 Å². The molecule has 0 amide bonds. The highest BCUT2D eigenvalue weighted by molar-refractivity contribution is 5.97. The molecule has 6 nitrogen and oxygen atoms in total. The van der Waals surface area contributed by atoms with Gasteiger partial charge in [-0.2, -0.15) is 0 Å². The van der Waals surface area contributed by atoms with Crippen LogP contribution < -0.4 is 10.5 Å². The van der Waals surface area contributed by atoms with Gasteiger partial charge in [-0.1, -0.05) is 0 Å². The maximum atomic E-state index is 15.0. The van der Waals surface area contributed by atoms with E-state index in [0.29, 0.717) is 24.9 Å². The standard InChI is InChI=1S/C20H21FN2O4/c1-2-27-20(26)14-9-13(12-5-6-12)17-15(11-24)18(22-7-3-4-8-22)16(21)10-23(17)19(14)25/h9-12H,2-8H2,1H3. The van der Waals surface area contributed by atoms with Crippen LogP contribution in [0.5, 0.6) is 0 Å². The first kappa shape index (κ1) is 17.7. The number of rotatable bonds is 5. The Balaban J connectivity index is 2.04. The van der Waals surface area contributed by atoms with Crippen LogP contribution in [0.4, 0.5) is 10.1 Å². The Hall–Kier alpha value is -2.70. The Morgan fingerprint density at radius 2 is 2.04 bits per heavy atom. The van der Waals surface area contributed by atoms with E-state index in [0.717, 1.165) is 41.8 Å². The fourth-order valence-electron chi connectivity index (χ4n) is 3.91. The van der Waals surface area contributed by atoms with Crippen molar-refractivity contribution < 1.29 is 18.7 Å². The number of pyridine rings is 2. The highest BCUT2D eigenvalue weighted by Crippen LogP contribution is 2.44. The highest BCUT2D eigenvalue weighted by atomic mass is 19.1. The molecule has 0 radical (unpaired) electrons. The Morgan fingerprint density at radius 3 is 2.63 bits per heavy atom. The van der Waals surface area contributed by atoms with Gasteiger partial charge in [0.25, 0.3) is 5.56 Å². The van der Waals surface area contributed by atoms with Crippen LogP contribution in [0.15, 0.2) is 17.1 Å². The molecule has 1 aliphatic carbocycles. The van der Waals surface area contributed by atoms with Crippen LogP contribution >= 0.6 is 0 Å². The Kier molecular flexibility index (Phi) is 4.45. The Morgan fingerprint density at radius 1 is 1.33 bits per heavy atom. The molecule has 0 bridgehead atoms. The molecule has 3 heterocycles. The molecule has 1 aliphatic heterocycles. The molecule has 4 rings (SSSR count). The molecule has 2 aromatic heterocycles. The third-order valence-electron chi connectivity index (χ3n) is 5.29. The number of carbonyl (C=O) groups excluding carboxylic acids is 2. The summed E-state index contributed by atoms with van der Waals surface area (Å²) in [6, 6.07) is 1.53. The number of nitrogens with zero attached hydrogens (tertiary/aromatic N) is 2. The molecule has 2 aliphatic rings. The van der Waals surface area contributed by atoms with E-state index in [1.807, 2.05) is 4.90 Å². The van der Waals surface area contributed by atoms with Gasteiger partial charge < -0.3 is 9.64 Å². The molecule has 0 spiro atoms. The minimum absolute atomic E-state index is 0.124. The fourth-order valence-corrected chi connectivity index (χ4v) is 3.91. The lowest BCUT2D eigenvalue weighted by Gasteiger charge is -2.23. The number of aldehydes is 1. The normalized spacial score (nSPS) is 16.7. The van der Waals surface area contributed by atoms with Gasteiger partial charge >= 0.3 is 5.97 Å². The summed E-state index contributed by atoms with van der Waals surface area (Å²) < 4.78 is 21.0. The molecule has 142 valence electrons. The molecule has 0 unspecified atom stereocenters. The molecule has 0 N–H and O–H groups in total.